The van der Waals surface area contributed by atoms with Crippen molar-refractivity contribution in [3.8, 4) is 5.75 Å². The number of ether oxygens (including phenoxy) is 1. The number of benzene rings is 3. The van der Waals surface area contributed by atoms with E-state index in [0.29, 0.717) is 28.9 Å². The fourth-order valence-corrected chi connectivity index (χ4v) is 3.55. The zero-order valence-electron chi connectivity index (χ0n) is 18.1. The van der Waals surface area contributed by atoms with Crippen LogP contribution in [0.5, 0.6) is 5.75 Å². The van der Waals surface area contributed by atoms with Gasteiger partial charge in [-0.05, 0) is 70.0 Å². The summed E-state index contributed by atoms with van der Waals surface area (Å²) in [6.45, 7) is 1.79. The second-order valence-corrected chi connectivity index (χ2v) is 7.96. The first-order chi connectivity index (χ1) is 16.1. The Morgan fingerprint density at radius 1 is 1.00 bits per heavy atom. The maximum absolute atomic E-state index is 11.9. The Hall–Kier alpha value is -3.91. The number of halogens is 1. The maximum Gasteiger partial charge on any atom is 0.248 e. The molecule has 4 rings (SSSR count). The molecular weight excluding hydrogens is 482 g/mol. The van der Waals surface area contributed by atoms with Gasteiger partial charge in [0, 0.05) is 17.6 Å². The molecule has 0 spiro atoms. The van der Waals surface area contributed by atoms with Crippen LogP contribution in [0, 0.1) is 0 Å². The van der Waals surface area contributed by atoms with E-state index in [1.54, 1.807) is 44.5 Å². The van der Waals surface area contributed by atoms with Gasteiger partial charge >= 0.3 is 0 Å². The van der Waals surface area contributed by atoms with E-state index in [-0.39, 0.29) is 5.91 Å². The molecule has 0 radical (unpaired) electrons. The third kappa shape index (κ3) is 5.48. The van der Waals surface area contributed by atoms with Gasteiger partial charge in [-0.1, -0.05) is 36.4 Å². The van der Waals surface area contributed by atoms with Crippen molar-refractivity contribution < 1.29 is 9.53 Å². The van der Waals surface area contributed by atoms with Crippen molar-refractivity contribution in [2.75, 3.05) is 23.1 Å². The number of rotatable bonds is 7. The molecule has 33 heavy (non-hydrogen) atoms. The van der Waals surface area contributed by atoms with Gasteiger partial charge in [-0.15, -0.1) is 0 Å². The molecule has 1 heterocycles. The molecule has 0 aliphatic rings. The van der Waals surface area contributed by atoms with Crippen molar-refractivity contribution in [3.05, 3.63) is 83.5 Å². The van der Waals surface area contributed by atoms with Gasteiger partial charge in [0.2, 0.25) is 11.9 Å². The fraction of sp³-hybridized carbons (Fsp3) is 0.0800. The Morgan fingerprint density at radius 2 is 1.79 bits per heavy atom. The summed E-state index contributed by atoms with van der Waals surface area (Å²) < 4.78 is 6.17. The number of aromatic nitrogens is 2. The normalized spacial score (nSPS) is 10.9. The number of anilines is 5. The molecule has 1 amide bonds. The van der Waals surface area contributed by atoms with E-state index in [1.165, 1.54) is 11.5 Å². The number of nitrogens with one attached hydrogen (secondary N) is 3. The van der Waals surface area contributed by atoms with Crippen LogP contribution in [0.15, 0.2) is 83.5 Å². The van der Waals surface area contributed by atoms with Gasteiger partial charge in [0.1, 0.15) is 11.6 Å². The predicted molar refractivity (Wildman–Crippen MR) is 137 cm³/mol. The van der Waals surface area contributed by atoms with Crippen molar-refractivity contribution in [3.63, 3.8) is 0 Å². The molecule has 3 N–H and O–H groups in total. The van der Waals surface area contributed by atoms with Crippen LogP contribution in [-0.2, 0) is 4.79 Å². The second-order valence-electron chi connectivity index (χ2n) is 7.11. The quantitative estimate of drug-likeness (QED) is 0.253. The SMILES string of the molecule is C/C=C/C(=O)Nc1ccc(OC)c(Nc2ncc(Br)c(Nc3ccc4ccccc4c3)n2)c1. The third-order valence-electron chi connectivity index (χ3n) is 4.79. The standard InChI is InChI=1S/C25H22BrN5O2/c1-3-6-23(32)28-19-11-12-22(33-2)21(14-19)30-25-27-15-20(26)24(31-25)29-18-10-9-16-7-4-5-8-17(16)13-18/h3-15H,1-2H3,(H,28,32)(H2,27,29,30,31)/b6-3+. The van der Waals surface area contributed by atoms with Crippen LogP contribution in [-0.4, -0.2) is 23.0 Å². The van der Waals surface area contributed by atoms with E-state index in [9.17, 15) is 4.79 Å². The highest BCUT2D eigenvalue weighted by Gasteiger charge is 2.11. The molecule has 166 valence electrons. The van der Waals surface area contributed by atoms with Crippen LogP contribution in [0.1, 0.15) is 6.92 Å². The van der Waals surface area contributed by atoms with Crippen molar-refractivity contribution in [1.82, 2.24) is 9.97 Å². The number of carbonyl (C=O) groups excluding carboxylic acids is 1. The molecule has 1 aromatic heterocycles. The lowest BCUT2D eigenvalue weighted by Crippen LogP contribution is -2.08. The smallest absolute Gasteiger partial charge is 0.248 e. The first-order valence-electron chi connectivity index (χ1n) is 10.2. The van der Waals surface area contributed by atoms with Crippen LogP contribution in [0.4, 0.5) is 28.8 Å². The average Bonchev–Trinajstić information content (AvgIpc) is 2.81. The second kappa shape index (κ2) is 10.1. The van der Waals surface area contributed by atoms with Gasteiger partial charge in [-0.3, -0.25) is 4.79 Å². The molecule has 3 aromatic carbocycles. The summed E-state index contributed by atoms with van der Waals surface area (Å²) in [4.78, 5) is 20.8. The highest BCUT2D eigenvalue weighted by molar-refractivity contribution is 9.10. The molecule has 7 nitrogen and oxygen atoms in total. The Kier molecular flexibility index (Phi) is 6.85. The monoisotopic (exact) mass is 503 g/mol. The number of hydrogen-bond donors (Lipinski definition) is 3. The molecular formula is C25H22BrN5O2. The topological polar surface area (TPSA) is 88.2 Å². The summed E-state index contributed by atoms with van der Waals surface area (Å²) in [5.41, 5.74) is 2.15. The predicted octanol–water partition coefficient (Wildman–Crippen LogP) is 6.40. The van der Waals surface area contributed by atoms with Gasteiger partial charge in [-0.2, -0.15) is 4.98 Å². The minimum Gasteiger partial charge on any atom is -0.495 e. The lowest BCUT2D eigenvalue weighted by molar-refractivity contribution is -0.111. The molecule has 0 fully saturated rings. The van der Waals surface area contributed by atoms with Crippen LogP contribution in [0.2, 0.25) is 0 Å². The number of fused-ring (bicyclic) bond motifs is 1. The molecule has 0 saturated carbocycles. The Labute approximate surface area is 200 Å². The summed E-state index contributed by atoms with van der Waals surface area (Å²) in [6.07, 6.45) is 4.81. The summed E-state index contributed by atoms with van der Waals surface area (Å²) in [7, 11) is 1.58. The third-order valence-corrected chi connectivity index (χ3v) is 5.37. The van der Waals surface area contributed by atoms with E-state index in [1.807, 2.05) is 18.2 Å². The largest absolute Gasteiger partial charge is 0.495 e. The van der Waals surface area contributed by atoms with Crippen LogP contribution in [0.25, 0.3) is 10.8 Å². The summed E-state index contributed by atoms with van der Waals surface area (Å²) in [5.74, 6) is 1.36. The zero-order chi connectivity index (χ0) is 23.2. The maximum atomic E-state index is 11.9. The molecule has 4 aromatic rings. The number of allylic oxidation sites excluding steroid dienone is 1. The molecule has 0 saturated heterocycles. The van der Waals surface area contributed by atoms with Gasteiger partial charge < -0.3 is 20.7 Å². The van der Waals surface area contributed by atoms with Crippen molar-refractivity contribution in [2.24, 2.45) is 0 Å². The fourth-order valence-electron chi connectivity index (χ4n) is 3.26. The summed E-state index contributed by atoms with van der Waals surface area (Å²) in [6, 6.07) is 19.6. The number of amides is 1. The number of nitrogens with zero attached hydrogens (tertiary/aromatic N) is 2. The van der Waals surface area contributed by atoms with E-state index >= 15 is 0 Å². The lowest BCUT2D eigenvalue weighted by atomic mass is 10.1. The summed E-state index contributed by atoms with van der Waals surface area (Å²) in [5, 5.41) is 11.6. The Balaban J connectivity index is 1.58. The number of methoxy groups -OCH3 is 1. The van der Waals surface area contributed by atoms with Gasteiger partial charge in [0.05, 0.1) is 17.3 Å². The highest BCUT2D eigenvalue weighted by Crippen LogP contribution is 2.32. The van der Waals surface area contributed by atoms with Crippen LogP contribution < -0.4 is 20.7 Å². The first kappa shape index (κ1) is 22.3. The van der Waals surface area contributed by atoms with Crippen LogP contribution in [0.3, 0.4) is 0 Å². The molecule has 0 bridgehead atoms. The van der Waals surface area contributed by atoms with Crippen molar-refractivity contribution >= 4 is 61.4 Å². The van der Waals surface area contributed by atoms with Crippen molar-refractivity contribution in [2.45, 2.75) is 6.92 Å². The van der Waals surface area contributed by atoms with Gasteiger partial charge in [-0.25, -0.2) is 4.98 Å². The van der Waals surface area contributed by atoms with E-state index in [0.717, 1.165) is 15.5 Å². The van der Waals surface area contributed by atoms with Gasteiger partial charge in [0.25, 0.3) is 0 Å². The molecule has 0 unspecified atom stereocenters. The molecule has 0 aliphatic heterocycles. The van der Waals surface area contributed by atoms with E-state index in [2.05, 4.69) is 66.1 Å². The van der Waals surface area contributed by atoms with E-state index in [4.69, 9.17) is 4.74 Å². The molecule has 0 atom stereocenters. The number of carbonyl (C=O) groups is 1. The lowest BCUT2D eigenvalue weighted by Gasteiger charge is -2.14. The molecule has 0 aliphatic carbocycles. The van der Waals surface area contributed by atoms with Gasteiger partial charge in [0.15, 0.2) is 0 Å². The Morgan fingerprint density at radius 3 is 2.58 bits per heavy atom. The highest BCUT2D eigenvalue weighted by atomic mass is 79.9. The minimum absolute atomic E-state index is 0.213. The number of hydrogen-bond acceptors (Lipinski definition) is 6. The minimum atomic E-state index is -0.213. The zero-order valence-corrected chi connectivity index (χ0v) is 19.7. The Bertz CT molecular complexity index is 1340. The first-order valence-corrected chi connectivity index (χ1v) is 11.0. The van der Waals surface area contributed by atoms with E-state index < -0.39 is 0 Å². The average molecular weight is 504 g/mol. The summed E-state index contributed by atoms with van der Waals surface area (Å²) >= 11 is 3.51. The molecule has 8 heteroatoms. The van der Waals surface area contributed by atoms with Crippen LogP contribution >= 0.6 is 15.9 Å². The van der Waals surface area contributed by atoms with Crippen molar-refractivity contribution in [1.29, 1.82) is 0 Å².